The molecule has 0 aliphatic carbocycles. The predicted molar refractivity (Wildman–Crippen MR) is 60.6 cm³/mol. The summed E-state index contributed by atoms with van der Waals surface area (Å²) in [5, 5.41) is 0. The Balaban J connectivity index is 2.98. The van der Waals surface area contributed by atoms with E-state index in [1.54, 1.807) is 14.2 Å². The van der Waals surface area contributed by atoms with Crippen LogP contribution in [0.15, 0.2) is 24.3 Å². The fraction of sp³-hybridized carbons (Fsp3) is 0.500. The van der Waals surface area contributed by atoms with E-state index in [-0.39, 0.29) is 0 Å². The first kappa shape index (κ1) is 12.2. The molecular formula is C12H19NO2. The smallest absolute Gasteiger partial charge is 0.102 e. The summed E-state index contributed by atoms with van der Waals surface area (Å²) >= 11 is 0. The highest BCUT2D eigenvalue weighted by Gasteiger charge is 2.24. The van der Waals surface area contributed by atoms with Crippen LogP contribution in [-0.2, 0) is 21.7 Å². The van der Waals surface area contributed by atoms with Crippen LogP contribution in [0.3, 0.4) is 0 Å². The highest BCUT2D eigenvalue weighted by atomic mass is 16.5. The Morgan fingerprint density at radius 2 is 2.07 bits per heavy atom. The van der Waals surface area contributed by atoms with E-state index in [1.165, 1.54) is 0 Å². The molecule has 1 rings (SSSR count). The molecule has 2 N–H and O–H groups in total. The Hall–Kier alpha value is -0.900. The molecule has 0 amide bonds. The number of hydrogen-bond acceptors (Lipinski definition) is 3. The molecule has 0 saturated heterocycles. The van der Waals surface area contributed by atoms with Gasteiger partial charge in [0.05, 0.1) is 6.61 Å². The molecule has 1 unspecified atom stereocenters. The van der Waals surface area contributed by atoms with E-state index in [0.29, 0.717) is 13.2 Å². The number of benzene rings is 1. The molecule has 1 aromatic rings. The van der Waals surface area contributed by atoms with Crippen LogP contribution in [-0.4, -0.2) is 20.8 Å². The van der Waals surface area contributed by atoms with Crippen LogP contribution in [0.1, 0.15) is 18.1 Å². The van der Waals surface area contributed by atoms with Crippen LogP contribution in [0.5, 0.6) is 0 Å². The third-order valence-corrected chi connectivity index (χ3v) is 2.69. The van der Waals surface area contributed by atoms with E-state index in [4.69, 9.17) is 15.2 Å². The van der Waals surface area contributed by atoms with Gasteiger partial charge < -0.3 is 15.2 Å². The van der Waals surface area contributed by atoms with Gasteiger partial charge in [-0.05, 0) is 18.1 Å². The normalized spacial score (nSPS) is 14.9. The number of methoxy groups -OCH3 is 2. The number of hydrogen-bond donors (Lipinski definition) is 1. The molecule has 0 aliphatic heterocycles. The van der Waals surface area contributed by atoms with Crippen LogP contribution in [0.4, 0.5) is 0 Å². The maximum atomic E-state index is 5.72. The largest absolute Gasteiger partial charge is 0.380 e. The molecule has 0 heterocycles. The Morgan fingerprint density at radius 3 is 2.60 bits per heavy atom. The second kappa shape index (κ2) is 5.26. The van der Waals surface area contributed by atoms with Crippen molar-refractivity contribution < 1.29 is 9.47 Å². The van der Waals surface area contributed by atoms with Gasteiger partial charge in [0.25, 0.3) is 0 Å². The third kappa shape index (κ3) is 2.78. The van der Waals surface area contributed by atoms with Gasteiger partial charge in [-0.25, -0.2) is 0 Å². The van der Waals surface area contributed by atoms with Gasteiger partial charge in [0.15, 0.2) is 0 Å². The highest BCUT2D eigenvalue weighted by Crippen LogP contribution is 2.24. The molecule has 0 bridgehead atoms. The summed E-state index contributed by atoms with van der Waals surface area (Å²) in [4.78, 5) is 0. The molecule has 0 spiro atoms. The predicted octanol–water partition coefficient (Wildman–Crippen LogP) is 1.65. The lowest BCUT2D eigenvalue weighted by Gasteiger charge is -2.27. The summed E-state index contributed by atoms with van der Waals surface area (Å²) in [6.45, 7) is 3.05. The van der Waals surface area contributed by atoms with Gasteiger partial charge in [-0.15, -0.1) is 0 Å². The lowest BCUT2D eigenvalue weighted by atomic mass is 9.94. The van der Waals surface area contributed by atoms with E-state index in [9.17, 15) is 0 Å². The Kier molecular flexibility index (Phi) is 4.27. The number of rotatable bonds is 5. The van der Waals surface area contributed by atoms with E-state index < -0.39 is 5.60 Å². The van der Waals surface area contributed by atoms with Crippen molar-refractivity contribution in [1.29, 1.82) is 0 Å². The first-order chi connectivity index (χ1) is 7.16. The van der Waals surface area contributed by atoms with Crippen molar-refractivity contribution in [1.82, 2.24) is 0 Å². The number of nitrogens with two attached hydrogens (primary N) is 1. The third-order valence-electron chi connectivity index (χ3n) is 2.69. The summed E-state index contributed by atoms with van der Waals surface area (Å²) in [5.41, 5.74) is 7.52. The van der Waals surface area contributed by atoms with Gasteiger partial charge in [-0.1, -0.05) is 24.3 Å². The summed E-state index contributed by atoms with van der Waals surface area (Å²) in [5.74, 6) is 0. The lowest BCUT2D eigenvalue weighted by Crippen LogP contribution is -2.33. The van der Waals surface area contributed by atoms with Crippen molar-refractivity contribution in [3.8, 4) is 0 Å². The monoisotopic (exact) mass is 209 g/mol. The average Bonchev–Trinajstić information content (AvgIpc) is 2.29. The van der Waals surface area contributed by atoms with Crippen molar-refractivity contribution in [2.24, 2.45) is 5.73 Å². The molecule has 15 heavy (non-hydrogen) atoms. The summed E-state index contributed by atoms with van der Waals surface area (Å²) in [6.07, 6.45) is 0. The second-order valence-corrected chi connectivity index (χ2v) is 3.77. The zero-order valence-electron chi connectivity index (χ0n) is 9.62. The van der Waals surface area contributed by atoms with Gasteiger partial charge in [0.2, 0.25) is 0 Å². The van der Waals surface area contributed by atoms with Crippen molar-refractivity contribution in [3.05, 3.63) is 35.4 Å². The molecule has 84 valence electrons. The molecule has 1 atom stereocenters. The minimum atomic E-state index is -0.413. The topological polar surface area (TPSA) is 44.5 Å². The Labute approximate surface area is 91.2 Å². The van der Waals surface area contributed by atoms with Crippen LogP contribution >= 0.6 is 0 Å². The molecule has 0 radical (unpaired) electrons. The van der Waals surface area contributed by atoms with Crippen LogP contribution in [0.25, 0.3) is 0 Å². The Morgan fingerprint density at radius 1 is 1.33 bits per heavy atom. The van der Waals surface area contributed by atoms with Gasteiger partial charge in [-0.2, -0.15) is 0 Å². The highest BCUT2D eigenvalue weighted by molar-refractivity contribution is 5.28. The fourth-order valence-electron chi connectivity index (χ4n) is 1.48. The average molecular weight is 209 g/mol. The first-order valence-electron chi connectivity index (χ1n) is 5.00. The summed E-state index contributed by atoms with van der Waals surface area (Å²) < 4.78 is 10.5. The van der Waals surface area contributed by atoms with Crippen LogP contribution in [0, 0.1) is 0 Å². The SMILES string of the molecule is COCc1cccc(C(C)(CN)OC)c1. The standard InChI is InChI=1S/C12H19NO2/c1-12(9-13,15-3)11-6-4-5-10(7-11)8-14-2/h4-7H,8-9,13H2,1-3H3. The van der Waals surface area contributed by atoms with Gasteiger partial charge in [0.1, 0.15) is 5.60 Å². The van der Waals surface area contributed by atoms with Gasteiger partial charge in [-0.3, -0.25) is 0 Å². The van der Waals surface area contributed by atoms with Crippen molar-refractivity contribution >= 4 is 0 Å². The minimum absolute atomic E-state index is 0.413. The quantitative estimate of drug-likeness (QED) is 0.802. The molecule has 3 nitrogen and oxygen atoms in total. The van der Waals surface area contributed by atoms with E-state index >= 15 is 0 Å². The Bertz CT molecular complexity index is 308. The van der Waals surface area contributed by atoms with E-state index in [2.05, 4.69) is 6.07 Å². The maximum absolute atomic E-state index is 5.72. The zero-order chi connectivity index (χ0) is 11.3. The van der Waals surface area contributed by atoms with Gasteiger partial charge >= 0.3 is 0 Å². The molecular weight excluding hydrogens is 190 g/mol. The van der Waals surface area contributed by atoms with E-state index in [1.807, 2.05) is 25.1 Å². The maximum Gasteiger partial charge on any atom is 0.102 e. The first-order valence-corrected chi connectivity index (χ1v) is 5.00. The van der Waals surface area contributed by atoms with Gasteiger partial charge in [0, 0.05) is 20.8 Å². The fourth-order valence-corrected chi connectivity index (χ4v) is 1.48. The van der Waals surface area contributed by atoms with Crippen molar-refractivity contribution in [2.75, 3.05) is 20.8 Å². The second-order valence-electron chi connectivity index (χ2n) is 3.77. The van der Waals surface area contributed by atoms with Crippen molar-refractivity contribution in [2.45, 2.75) is 19.1 Å². The molecule has 3 heteroatoms. The molecule has 0 saturated carbocycles. The molecule has 0 fully saturated rings. The lowest BCUT2D eigenvalue weighted by molar-refractivity contribution is 0.00992. The minimum Gasteiger partial charge on any atom is -0.380 e. The molecule has 0 aliphatic rings. The van der Waals surface area contributed by atoms with Crippen LogP contribution < -0.4 is 5.73 Å². The number of ether oxygens (including phenoxy) is 2. The molecule has 1 aromatic carbocycles. The molecule has 0 aromatic heterocycles. The zero-order valence-corrected chi connectivity index (χ0v) is 9.62. The van der Waals surface area contributed by atoms with Crippen molar-refractivity contribution in [3.63, 3.8) is 0 Å². The summed E-state index contributed by atoms with van der Waals surface area (Å²) in [7, 11) is 3.36. The summed E-state index contributed by atoms with van der Waals surface area (Å²) in [6, 6.07) is 8.12. The van der Waals surface area contributed by atoms with Crippen LogP contribution in [0.2, 0.25) is 0 Å². The van der Waals surface area contributed by atoms with E-state index in [0.717, 1.165) is 11.1 Å².